The minimum absolute atomic E-state index is 0.0391. The van der Waals surface area contributed by atoms with Crippen LogP contribution in [0.15, 0.2) is 12.1 Å². The fourth-order valence-corrected chi connectivity index (χ4v) is 2.32. The van der Waals surface area contributed by atoms with Gasteiger partial charge in [0.25, 0.3) is 5.69 Å². The first-order valence-corrected chi connectivity index (χ1v) is 6.85. The number of nitro benzene ring substituents is 1. The zero-order valence-electron chi connectivity index (χ0n) is 11.2. The number of aliphatic carboxylic acids is 1. The standard InChI is InChI=1S/C12H14FIN2O4/c1-4-15(12(2,3)11(17)18)9-5-7(13)8(14)6-10(9)16(19)20/h5-6H,4H2,1-3H3,(H,17,18). The van der Waals surface area contributed by atoms with E-state index in [1.54, 1.807) is 29.5 Å². The molecule has 0 saturated heterocycles. The van der Waals surface area contributed by atoms with Crippen molar-refractivity contribution < 1.29 is 19.2 Å². The molecular weight excluding hydrogens is 382 g/mol. The van der Waals surface area contributed by atoms with E-state index < -0.39 is 22.2 Å². The van der Waals surface area contributed by atoms with Crippen molar-refractivity contribution in [1.29, 1.82) is 0 Å². The van der Waals surface area contributed by atoms with E-state index in [2.05, 4.69) is 0 Å². The SMILES string of the molecule is CCN(c1cc(F)c(I)cc1[N+](=O)[O-])C(C)(C)C(=O)O. The van der Waals surface area contributed by atoms with E-state index in [9.17, 15) is 24.4 Å². The molecule has 20 heavy (non-hydrogen) atoms. The van der Waals surface area contributed by atoms with Crippen molar-refractivity contribution in [2.75, 3.05) is 11.4 Å². The monoisotopic (exact) mass is 396 g/mol. The first kappa shape index (κ1) is 16.6. The number of carboxylic acid groups (broad SMARTS) is 1. The Morgan fingerprint density at radius 2 is 2.10 bits per heavy atom. The molecule has 1 aromatic rings. The van der Waals surface area contributed by atoms with Gasteiger partial charge in [-0.25, -0.2) is 9.18 Å². The second kappa shape index (κ2) is 5.90. The van der Waals surface area contributed by atoms with E-state index >= 15 is 0 Å². The number of nitrogens with zero attached hydrogens (tertiary/aromatic N) is 2. The zero-order chi connectivity index (χ0) is 15.7. The van der Waals surface area contributed by atoms with Crippen LogP contribution in [0.5, 0.6) is 0 Å². The predicted molar refractivity (Wildman–Crippen MR) is 80.5 cm³/mol. The van der Waals surface area contributed by atoms with E-state index in [4.69, 9.17) is 0 Å². The van der Waals surface area contributed by atoms with Crippen molar-refractivity contribution in [2.45, 2.75) is 26.3 Å². The first-order chi connectivity index (χ1) is 9.12. The Bertz CT molecular complexity index is 563. The molecule has 0 amide bonds. The summed E-state index contributed by atoms with van der Waals surface area (Å²) in [4.78, 5) is 23.1. The summed E-state index contributed by atoms with van der Waals surface area (Å²) in [6.45, 7) is 4.68. The number of rotatable bonds is 5. The van der Waals surface area contributed by atoms with Crippen molar-refractivity contribution in [3.8, 4) is 0 Å². The van der Waals surface area contributed by atoms with Gasteiger partial charge in [-0.1, -0.05) is 0 Å². The van der Waals surface area contributed by atoms with Crippen LogP contribution in [-0.2, 0) is 4.79 Å². The van der Waals surface area contributed by atoms with Crippen molar-refractivity contribution in [2.24, 2.45) is 0 Å². The Morgan fingerprint density at radius 1 is 1.55 bits per heavy atom. The summed E-state index contributed by atoms with van der Waals surface area (Å²) in [6.07, 6.45) is 0. The van der Waals surface area contributed by atoms with E-state index in [-0.39, 0.29) is 21.5 Å². The summed E-state index contributed by atoms with van der Waals surface area (Å²) >= 11 is 1.66. The lowest BCUT2D eigenvalue weighted by atomic mass is 10.0. The molecule has 0 unspecified atom stereocenters. The number of nitro groups is 1. The minimum atomic E-state index is -1.39. The summed E-state index contributed by atoms with van der Waals surface area (Å²) in [7, 11) is 0. The van der Waals surface area contributed by atoms with Crippen molar-refractivity contribution in [3.05, 3.63) is 31.6 Å². The maximum atomic E-state index is 13.7. The highest BCUT2D eigenvalue weighted by Crippen LogP contribution is 2.35. The Hall–Kier alpha value is -1.45. The third-order valence-electron chi connectivity index (χ3n) is 3.02. The first-order valence-electron chi connectivity index (χ1n) is 5.77. The summed E-state index contributed by atoms with van der Waals surface area (Å²) in [5.41, 5.74) is -1.74. The molecule has 1 aromatic carbocycles. The largest absolute Gasteiger partial charge is 0.480 e. The molecule has 0 aromatic heterocycles. The number of benzene rings is 1. The van der Waals surface area contributed by atoms with Gasteiger partial charge in [0.1, 0.15) is 17.0 Å². The number of carbonyl (C=O) groups is 1. The topological polar surface area (TPSA) is 83.7 Å². The van der Waals surface area contributed by atoms with E-state index in [0.717, 1.165) is 12.1 Å². The van der Waals surface area contributed by atoms with Crippen LogP contribution in [0.2, 0.25) is 0 Å². The molecule has 0 aliphatic carbocycles. The number of hydrogen-bond donors (Lipinski definition) is 1. The highest BCUT2D eigenvalue weighted by molar-refractivity contribution is 14.1. The quantitative estimate of drug-likeness (QED) is 0.470. The maximum absolute atomic E-state index is 13.7. The highest BCUT2D eigenvalue weighted by Gasteiger charge is 2.37. The summed E-state index contributed by atoms with van der Waals surface area (Å²) < 4.78 is 13.8. The molecule has 0 saturated carbocycles. The maximum Gasteiger partial charge on any atom is 0.328 e. The van der Waals surface area contributed by atoms with Gasteiger partial charge >= 0.3 is 5.97 Å². The van der Waals surface area contributed by atoms with Gasteiger partial charge in [-0.15, -0.1) is 0 Å². The third-order valence-corrected chi connectivity index (χ3v) is 3.85. The van der Waals surface area contributed by atoms with Crippen LogP contribution < -0.4 is 4.90 Å². The fraction of sp³-hybridized carbons (Fsp3) is 0.417. The van der Waals surface area contributed by atoms with Crippen molar-refractivity contribution in [1.82, 2.24) is 0 Å². The number of halogens is 2. The van der Waals surface area contributed by atoms with Crippen molar-refractivity contribution in [3.63, 3.8) is 0 Å². The van der Waals surface area contributed by atoms with Gasteiger partial charge in [0.15, 0.2) is 0 Å². The summed E-state index contributed by atoms with van der Waals surface area (Å²) in [5.74, 6) is -1.77. The molecule has 0 aliphatic heterocycles. The molecule has 0 bridgehead atoms. The van der Waals surface area contributed by atoms with Crippen LogP contribution in [-0.4, -0.2) is 28.1 Å². The Kier molecular flexibility index (Phi) is 4.90. The normalized spacial score (nSPS) is 11.2. The molecule has 0 spiro atoms. The van der Waals surface area contributed by atoms with E-state index in [1.165, 1.54) is 18.7 Å². The Balaban J connectivity index is 3.53. The molecule has 0 aliphatic rings. The molecule has 110 valence electrons. The fourth-order valence-electron chi connectivity index (χ4n) is 1.87. The van der Waals surface area contributed by atoms with Crippen LogP contribution in [0.25, 0.3) is 0 Å². The van der Waals surface area contributed by atoms with Gasteiger partial charge in [-0.2, -0.15) is 0 Å². The molecule has 0 heterocycles. The van der Waals surface area contributed by atoms with Crippen LogP contribution in [0.4, 0.5) is 15.8 Å². The average molecular weight is 396 g/mol. The molecule has 0 atom stereocenters. The molecule has 8 heteroatoms. The minimum Gasteiger partial charge on any atom is -0.480 e. The Morgan fingerprint density at radius 3 is 2.50 bits per heavy atom. The average Bonchev–Trinajstić information content (AvgIpc) is 2.33. The van der Waals surface area contributed by atoms with Gasteiger partial charge in [0, 0.05) is 18.7 Å². The summed E-state index contributed by atoms with van der Waals surface area (Å²) in [5, 5.41) is 20.4. The molecular formula is C12H14FIN2O4. The van der Waals surface area contributed by atoms with Crippen LogP contribution in [0, 0.1) is 19.5 Å². The zero-order valence-corrected chi connectivity index (χ0v) is 13.3. The van der Waals surface area contributed by atoms with E-state index in [1.807, 2.05) is 0 Å². The van der Waals surface area contributed by atoms with Gasteiger partial charge in [0.2, 0.25) is 0 Å². The van der Waals surface area contributed by atoms with Gasteiger partial charge in [0.05, 0.1) is 8.49 Å². The number of likely N-dealkylation sites (N-methyl/N-ethyl adjacent to an activating group) is 1. The van der Waals surface area contributed by atoms with Crippen LogP contribution >= 0.6 is 22.6 Å². The smallest absolute Gasteiger partial charge is 0.328 e. The molecule has 0 radical (unpaired) electrons. The molecule has 0 fully saturated rings. The van der Waals surface area contributed by atoms with Crippen LogP contribution in [0.3, 0.4) is 0 Å². The lowest BCUT2D eigenvalue weighted by molar-refractivity contribution is -0.384. The lowest BCUT2D eigenvalue weighted by Crippen LogP contribution is -2.50. The number of hydrogen-bond acceptors (Lipinski definition) is 4. The highest BCUT2D eigenvalue weighted by atomic mass is 127. The molecule has 1 N–H and O–H groups in total. The van der Waals surface area contributed by atoms with Gasteiger partial charge < -0.3 is 10.0 Å². The molecule has 1 rings (SSSR count). The van der Waals surface area contributed by atoms with Crippen LogP contribution in [0.1, 0.15) is 20.8 Å². The lowest BCUT2D eigenvalue weighted by Gasteiger charge is -2.35. The second-order valence-corrected chi connectivity index (χ2v) is 5.78. The number of carboxylic acids is 1. The van der Waals surface area contributed by atoms with Gasteiger partial charge in [-0.3, -0.25) is 10.1 Å². The third kappa shape index (κ3) is 3.00. The number of anilines is 1. The van der Waals surface area contributed by atoms with Gasteiger partial charge in [-0.05, 0) is 43.4 Å². The van der Waals surface area contributed by atoms with E-state index in [0.29, 0.717) is 0 Å². The second-order valence-electron chi connectivity index (χ2n) is 4.62. The summed E-state index contributed by atoms with van der Waals surface area (Å²) in [6, 6.07) is 2.11. The van der Waals surface area contributed by atoms with Crippen molar-refractivity contribution >= 4 is 39.9 Å². The molecule has 6 nitrogen and oxygen atoms in total. The Labute approximate surface area is 128 Å². The predicted octanol–water partition coefficient (Wildman–Crippen LogP) is 3.03.